The third-order valence-corrected chi connectivity index (χ3v) is 5.12. The number of benzene rings is 2. The predicted molar refractivity (Wildman–Crippen MR) is 115 cm³/mol. The number of carbonyl (C=O) groups is 1. The minimum Gasteiger partial charge on any atom is -0.465 e. The smallest absolute Gasteiger partial charge is 0.325 e. The summed E-state index contributed by atoms with van der Waals surface area (Å²) in [5.74, 6) is -0.828. The Morgan fingerprint density at radius 1 is 1.13 bits per heavy atom. The lowest BCUT2D eigenvalue weighted by Gasteiger charge is -2.32. The van der Waals surface area contributed by atoms with Crippen molar-refractivity contribution in [3.05, 3.63) is 88.2 Å². The molecule has 4 rings (SSSR count). The van der Waals surface area contributed by atoms with Crippen molar-refractivity contribution in [2.45, 2.75) is 12.8 Å². The normalized spacial score (nSPS) is 15.4. The Morgan fingerprint density at radius 3 is 2.70 bits per heavy atom. The Hall–Kier alpha value is -3.74. The highest BCUT2D eigenvalue weighted by Crippen LogP contribution is 2.42. The Kier molecular flexibility index (Phi) is 5.43. The van der Waals surface area contributed by atoms with Crippen molar-refractivity contribution < 1.29 is 14.5 Å². The number of fused-ring (bicyclic) bond motifs is 2. The number of anilines is 1. The van der Waals surface area contributed by atoms with Gasteiger partial charge in [0, 0.05) is 27.8 Å². The maximum Gasteiger partial charge on any atom is 0.325 e. The predicted octanol–water partition coefficient (Wildman–Crippen LogP) is 4.02. The van der Waals surface area contributed by atoms with E-state index < -0.39 is 5.92 Å². The minimum absolute atomic E-state index is 0.0210. The molecule has 0 spiro atoms. The zero-order chi connectivity index (χ0) is 21.1. The second-order valence-electron chi connectivity index (χ2n) is 7.03. The number of nitro groups is 1. The number of rotatable bonds is 6. The summed E-state index contributed by atoms with van der Waals surface area (Å²) in [4.78, 5) is 29.9. The van der Waals surface area contributed by atoms with Crippen LogP contribution in [0.3, 0.4) is 0 Å². The molecule has 0 amide bonds. The van der Waals surface area contributed by atoms with Gasteiger partial charge in [0.05, 0.1) is 23.7 Å². The second kappa shape index (κ2) is 8.32. The Balaban J connectivity index is 1.84. The van der Waals surface area contributed by atoms with Gasteiger partial charge in [0.1, 0.15) is 6.54 Å². The summed E-state index contributed by atoms with van der Waals surface area (Å²) in [6.45, 7) is 1.81. The number of nitrogens with zero attached hydrogens (tertiary/aromatic N) is 3. The third-order valence-electron chi connectivity index (χ3n) is 5.12. The van der Waals surface area contributed by atoms with Gasteiger partial charge < -0.3 is 9.64 Å². The van der Waals surface area contributed by atoms with E-state index in [1.165, 1.54) is 0 Å². The average Bonchev–Trinajstić information content (AvgIpc) is 2.75. The average molecular weight is 403 g/mol. The molecule has 152 valence electrons. The SMILES string of the molecule is CCOC(=O)CN1C=C(c2ccc3ccccc3n2)[C@@H](C[N+](=O)[O-])c2ccccc21. The van der Waals surface area contributed by atoms with Crippen LogP contribution in [0.5, 0.6) is 0 Å². The largest absolute Gasteiger partial charge is 0.465 e. The molecule has 0 saturated heterocycles. The molecule has 0 radical (unpaired) electrons. The van der Waals surface area contributed by atoms with E-state index in [1.54, 1.807) is 18.0 Å². The molecule has 7 nitrogen and oxygen atoms in total. The minimum atomic E-state index is -0.469. The van der Waals surface area contributed by atoms with Crippen molar-refractivity contribution in [3.8, 4) is 0 Å². The molecule has 1 aliphatic heterocycles. The summed E-state index contributed by atoms with van der Waals surface area (Å²) in [7, 11) is 0. The fourth-order valence-electron chi connectivity index (χ4n) is 3.83. The van der Waals surface area contributed by atoms with Gasteiger partial charge in [-0.2, -0.15) is 0 Å². The first-order chi connectivity index (χ1) is 14.6. The quantitative estimate of drug-likeness (QED) is 0.351. The first kappa shape index (κ1) is 19.6. The lowest BCUT2D eigenvalue weighted by atomic mass is 9.85. The van der Waals surface area contributed by atoms with Crippen LogP contribution < -0.4 is 4.90 Å². The van der Waals surface area contributed by atoms with Gasteiger partial charge in [-0.3, -0.25) is 14.9 Å². The first-order valence-electron chi connectivity index (χ1n) is 9.77. The molecule has 3 aromatic rings. The third kappa shape index (κ3) is 3.87. The van der Waals surface area contributed by atoms with Crippen LogP contribution in [0.25, 0.3) is 16.5 Å². The topological polar surface area (TPSA) is 85.6 Å². The van der Waals surface area contributed by atoms with Crippen LogP contribution in [0.4, 0.5) is 5.69 Å². The number of pyridine rings is 1. The molecule has 0 saturated carbocycles. The van der Waals surface area contributed by atoms with Gasteiger partial charge in [0.2, 0.25) is 6.54 Å². The molecule has 0 bridgehead atoms. The highest BCUT2D eigenvalue weighted by atomic mass is 16.6. The van der Waals surface area contributed by atoms with Gasteiger partial charge in [-0.15, -0.1) is 0 Å². The fourth-order valence-corrected chi connectivity index (χ4v) is 3.83. The first-order valence-corrected chi connectivity index (χ1v) is 9.77. The van der Waals surface area contributed by atoms with E-state index in [1.807, 2.05) is 60.7 Å². The van der Waals surface area contributed by atoms with E-state index in [4.69, 9.17) is 9.72 Å². The maximum absolute atomic E-state index is 12.2. The Labute approximate surface area is 173 Å². The Morgan fingerprint density at radius 2 is 1.90 bits per heavy atom. The van der Waals surface area contributed by atoms with Gasteiger partial charge in [-0.1, -0.05) is 42.5 Å². The van der Waals surface area contributed by atoms with Crippen LogP contribution in [-0.2, 0) is 9.53 Å². The van der Waals surface area contributed by atoms with Crippen LogP contribution in [0.2, 0.25) is 0 Å². The van der Waals surface area contributed by atoms with Crippen molar-refractivity contribution in [3.63, 3.8) is 0 Å². The molecule has 0 aliphatic carbocycles. The second-order valence-corrected chi connectivity index (χ2v) is 7.03. The van der Waals surface area contributed by atoms with Crippen molar-refractivity contribution in [2.24, 2.45) is 0 Å². The molecular formula is C23H21N3O4. The van der Waals surface area contributed by atoms with Gasteiger partial charge in [0.25, 0.3) is 0 Å². The number of hydrogen-bond acceptors (Lipinski definition) is 6. The molecule has 30 heavy (non-hydrogen) atoms. The maximum atomic E-state index is 12.2. The van der Waals surface area contributed by atoms with E-state index in [9.17, 15) is 14.9 Å². The monoisotopic (exact) mass is 403 g/mol. The van der Waals surface area contributed by atoms with Crippen molar-refractivity contribution >= 4 is 28.1 Å². The molecule has 1 atom stereocenters. The molecule has 0 unspecified atom stereocenters. The summed E-state index contributed by atoms with van der Waals surface area (Å²) in [6, 6.07) is 19.0. The molecule has 0 fully saturated rings. The van der Waals surface area contributed by atoms with E-state index in [2.05, 4.69) is 0 Å². The highest BCUT2D eigenvalue weighted by molar-refractivity contribution is 5.86. The van der Waals surface area contributed by atoms with Crippen molar-refractivity contribution in [1.29, 1.82) is 0 Å². The van der Waals surface area contributed by atoms with Gasteiger partial charge in [0.15, 0.2) is 0 Å². The number of esters is 1. The fraction of sp³-hybridized carbons (Fsp3) is 0.217. The van der Waals surface area contributed by atoms with Crippen LogP contribution in [0.15, 0.2) is 66.9 Å². The lowest BCUT2D eigenvalue weighted by Crippen LogP contribution is -2.32. The van der Waals surface area contributed by atoms with Crippen LogP contribution in [-0.4, -0.2) is 35.6 Å². The van der Waals surface area contributed by atoms with Crippen LogP contribution >= 0.6 is 0 Å². The molecule has 1 aliphatic rings. The summed E-state index contributed by atoms with van der Waals surface area (Å²) < 4.78 is 5.12. The van der Waals surface area contributed by atoms with E-state index in [-0.39, 0.29) is 24.0 Å². The summed E-state index contributed by atoms with van der Waals surface area (Å²) in [6.07, 6.45) is 1.80. The van der Waals surface area contributed by atoms with Crippen molar-refractivity contribution in [2.75, 3.05) is 24.6 Å². The zero-order valence-electron chi connectivity index (χ0n) is 16.5. The van der Waals surface area contributed by atoms with Gasteiger partial charge in [-0.05, 0) is 30.7 Å². The van der Waals surface area contributed by atoms with Gasteiger partial charge >= 0.3 is 5.97 Å². The van der Waals surface area contributed by atoms with E-state index in [0.29, 0.717) is 17.9 Å². The summed E-state index contributed by atoms with van der Waals surface area (Å²) in [5, 5.41) is 12.5. The van der Waals surface area contributed by atoms with Crippen LogP contribution in [0, 0.1) is 10.1 Å². The van der Waals surface area contributed by atoms with Gasteiger partial charge in [-0.25, -0.2) is 4.98 Å². The standard InChI is InChI=1S/C23H21N3O4/c1-2-30-23(27)15-25-13-19(21-12-11-16-7-3-5-9-20(16)24-21)18(14-26(28)29)17-8-4-6-10-22(17)25/h3-13,18H,2,14-15H2,1H3/t18-/m0/s1. The zero-order valence-corrected chi connectivity index (χ0v) is 16.5. The van der Waals surface area contributed by atoms with Crippen molar-refractivity contribution in [1.82, 2.24) is 4.98 Å². The van der Waals surface area contributed by atoms with E-state index >= 15 is 0 Å². The summed E-state index contributed by atoms with van der Waals surface area (Å²) >= 11 is 0. The molecule has 1 aromatic heterocycles. The highest BCUT2D eigenvalue weighted by Gasteiger charge is 2.33. The summed E-state index contributed by atoms with van der Waals surface area (Å²) in [5.41, 5.74) is 3.74. The number of hydrogen-bond donors (Lipinski definition) is 0. The number of aromatic nitrogens is 1. The molecule has 2 aromatic carbocycles. The molecule has 0 N–H and O–H groups in total. The number of carbonyl (C=O) groups excluding carboxylic acids is 1. The molecule has 2 heterocycles. The molecular weight excluding hydrogens is 382 g/mol. The number of para-hydroxylation sites is 2. The molecule has 7 heteroatoms. The van der Waals surface area contributed by atoms with Crippen LogP contribution in [0.1, 0.15) is 24.1 Å². The Bertz CT molecular complexity index is 1140. The lowest BCUT2D eigenvalue weighted by molar-refractivity contribution is -0.481. The number of ether oxygens (including phenoxy) is 1. The van der Waals surface area contributed by atoms with E-state index in [0.717, 1.165) is 22.2 Å².